The van der Waals surface area contributed by atoms with Crippen molar-refractivity contribution < 1.29 is 9.72 Å². The highest BCUT2D eigenvalue weighted by atomic mass is 32.2. The quantitative estimate of drug-likeness (QED) is 0.470. The van der Waals surface area contributed by atoms with Crippen molar-refractivity contribution in [2.45, 2.75) is 11.6 Å². The Hall–Kier alpha value is -3.74. The van der Waals surface area contributed by atoms with Crippen LogP contribution in [0, 0.1) is 22.7 Å². The fraction of sp³-hybridized carbons (Fsp3) is 0.0870. The first-order valence-corrected chi connectivity index (χ1v) is 9.86. The number of benzene rings is 2. The minimum Gasteiger partial charge on any atom is -0.489 e. The summed E-state index contributed by atoms with van der Waals surface area (Å²) in [5.41, 5.74) is 9.02. The van der Waals surface area contributed by atoms with E-state index in [1.807, 2.05) is 54.6 Å². The van der Waals surface area contributed by atoms with Gasteiger partial charge in [0.05, 0.1) is 0 Å². The van der Waals surface area contributed by atoms with Crippen LogP contribution < -0.4 is 15.5 Å². The van der Waals surface area contributed by atoms with Crippen LogP contribution >= 0.6 is 11.8 Å². The van der Waals surface area contributed by atoms with Gasteiger partial charge in [-0.1, -0.05) is 60.3 Å². The number of pyridine rings is 1. The Morgan fingerprint density at radius 2 is 1.72 bits per heavy atom. The third kappa shape index (κ3) is 4.57. The maximum atomic E-state index is 9.75. The van der Waals surface area contributed by atoms with E-state index in [0.29, 0.717) is 34.3 Å². The highest BCUT2D eigenvalue weighted by Gasteiger charge is 2.23. The normalized spacial score (nSPS) is 10.0. The van der Waals surface area contributed by atoms with E-state index in [2.05, 4.69) is 23.7 Å². The summed E-state index contributed by atoms with van der Waals surface area (Å²) in [4.78, 5) is 2.96. The molecule has 0 aliphatic heterocycles. The van der Waals surface area contributed by atoms with E-state index in [-0.39, 0.29) is 11.4 Å². The third-order valence-corrected chi connectivity index (χ3v) is 5.20. The second kappa shape index (κ2) is 9.45. The number of aromatic nitrogens is 1. The molecule has 3 N–H and O–H groups in total. The zero-order valence-corrected chi connectivity index (χ0v) is 16.5. The van der Waals surface area contributed by atoms with Crippen LogP contribution in [0.3, 0.4) is 0 Å². The fourth-order valence-electron chi connectivity index (χ4n) is 2.84. The van der Waals surface area contributed by atoms with Crippen molar-refractivity contribution in [2.24, 2.45) is 0 Å². The maximum absolute atomic E-state index is 9.75. The lowest BCUT2D eigenvalue weighted by molar-refractivity contribution is -0.410. The fourth-order valence-corrected chi connectivity index (χ4v) is 3.60. The van der Waals surface area contributed by atoms with Crippen LogP contribution in [0.2, 0.25) is 0 Å². The molecule has 0 aliphatic carbocycles. The Labute approximate surface area is 174 Å². The van der Waals surface area contributed by atoms with Crippen LogP contribution in [0.1, 0.15) is 16.7 Å². The SMILES string of the molecule is C=CCSc1[nH+]c(N)c(C#N)c(-c2ccc(OCc3ccccc3)cc2)c1C#N. The van der Waals surface area contributed by atoms with Gasteiger partial charge in [-0.25, -0.2) is 4.98 Å². The molecule has 0 amide bonds. The van der Waals surface area contributed by atoms with Crippen molar-refractivity contribution in [3.63, 3.8) is 0 Å². The van der Waals surface area contributed by atoms with Crippen LogP contribution in [0.5, 0.6) is 5.75 Å². The third-order valence-electron chi connectivity index (χ3n) is 4.21. The van der Waals surface area contributed by atoms with Crippen molar-refractivity contribution in [3.05, 3.63) is 83.9 Å². The van der Waals surface area contributed by atoms with Crippen molar-refractivity contribution >= 4 is 17.6 Å². The van der Waals surface area contributed by atoms with Gasteiger partial charge in [-0.3, -0.25) is 5.73 Å². The van der Waals surface area contributed by atoms with Gasteiger partial charge in [-0.2, -0.15) is 10.5 Å². The molecule has 0 saturated carbocycles. The molecule has 0 atom stereocenters. The summed E-state index contributed by atoms with van der Waals surface area (Å²) < 4.78 is 5.82. The molecule has 0 aliphatic rings. The molecule has 0 saturated heterocycles. The summed E-state index contributed by atoms with van der Waals surface area (Å²) in [7, 11) is 0. The van der Waals surface area contributed by atoms with Gasteiger partial charge < -0.3 is 4.74 Å². The molecule has 1 aromatic heterocycles. The van der Waals surface area contributed by atoms with Gasteiger partial charge >= 0.3 is 0 Å². The molecule has 0 bridgehead atoms. The van der Waals surface area contributed by atoms with Gasteiger partial charge in [0.25, 0.3) is 5.82 Å². The lowest BCUT2D eigenvalue weighted by atomic mass is 9.97. The van der Waals surface area contributed by atoms with E-state index < -0.39 is 0 Å². The first kappa shape index (κ1) is 20.0. The molecule has 3 rings (SSSR count). The average molecular weight is 399 g/mol. The standard InChI is InChI=1S/C23H18N4OS/c1-2-12-29-23-20(14-25)21(19(13-24)22(26)27-23)17-8-10-18(11-9-17)28-15-16-6-4-3-5-7-16/h2-11H,1,12,15H2,(H2,26,27)/p+1. The lowest BCUT2D eigenvalue weighted by Gasteiger charge is -2.11. The average Bonchev–Trinajstić information content (AvgIpc) is 2.76. The molecule has 1 heterocycles. The minimum absolute atomic E-state index is 0.234. The van der Waals surface area contributed by atoms with Crippen molar-refractivity contribution in [1.82, 2.24) is 0 Å². The molecule has 2 aromatic carbocycles. The van der Waals surface area contributed by atoms with Crippen molar-refractivity contribution in [3.8, 4) is 29.0 Å². The Kier molecular flexibility index (Phi) is 6.52. The van der Waals surface area contributed by atoms with E-state index in [1.165, 1.54) is 11.8 Å². The van der Waals surface area contributed by atoms with E-state index in [4.69, 9.17) is 10.5 Å². The summed E-state index contributed by atoms with van der Waals surface area (Å²) in [6, 6.07) is 21.5. The predicted octanol–water partition coefficient (Wildman–Crippen LogP) is 4.35. The number of nitriles is 2. The zero-order chi connectivity index (χ0) is 20.6. The largest absolute Gasteiger partial charge is 0.489 e. The van der Waals surface area contributed by atoms with Crippen molar-refractivity contribution in [2.75, 3.05) is 11.5 Å². The Morgan fingerprint density at radius 1 is 1.03 bits per heavy atom. The van der Waals surface area contributed by atoms with Gasteiger partial charge in [0.2, 0.25) is 0 Å². The molecule has 29 heavy (non-hydrogen) atoms. The number of nitrogens with one attached hydrogen (secondary N) is 1. The molecule has 3 aromatic rings. The number of aromatic amines is 1. The molecule has 6 heteroatoms. The second-order valence-electron chi connectivity index (χ2n) is 6.11. The Balaban J connectivity index is 1.95. The first-order valence-electron chi connectivity index (χ1n) is 8.87. The van der Waals surface area contributed by atoms with Gasteiger partial charge in [0.1, 0.15) is 35.6 Å². The number of ether oxygens (including phenoxy) is 1. The predicted molar refractivity (Wildman–Crippen MR) is 114 cm³/mol. The Morgan fingerprint density at radius 3 is 2.34 bits per heavy atom. The van der Waals surface area contributed by atoms with Crippen LogP contribution in [0.15, 0.2) is 72.3 Å². The summed E-state index contributed by atoms with van der Waals surface area (Å²) in [5, 5.41) is 20.0. The number of rotatable bonds is 7. The first-order chi connectivity index (χ1) is 14.2. The molecular formula is C23H19N4OS+. The van der Waals surface area contributed by atoms with Crippen molar-refractivity contribution in [1.29, 1.82) is 10.5 Å². The number of nitrogens with zero attached hydrogens (tertiary/aromatic N) is 2. The van der Waals surface area contributed by atoms with Gasteiger partial charge in [-0.05, 0) is 23.3 Å². The molecular weight excluding hydrogens is 380 g/mol. The highest BCUT2D eigenvalue weighted by molar-refractivity contribution is 7.99. The Bertz CT molecular complexity index is 1100. The molecule has 142 valence electrons. The minimum atomic E-state index is 0.234. The molecule has 0 spiro atoms. The van der Waals surface area contributed by atoms with Gasteiger partial charge in [0.15, 0.2) is 5.03 Å². The van der Waals surface area contributed by atoms with Gasteiger partial charge in [0, 0.05) is 11.3 Å². The number of thioether (sulfide) groups is 1. The topological polar surface area (TPSA) is 97.0 Å². The summed E-state index contributed by atoms with van der Waals surface area (Å²) in [5.74, 6) is 1.55. The van der Waals surface area contributed by atoms with Crippen LogP contribution in [-0.4, -0.2) is 5.75 Å². The van der Waals surface area contributed by atoms with Crippen LogP contribution in [0.4, 0.5) is 5.82 Å². The second-order valence-corrected chi connectivity index (χ2v) is 7.14. The van der Waals surface area contributed by atoms with Crippen LogP contribution in [-0.2, 0) is 6.61 Å². The summed E-state index contributed by atoms with van der Waals surface area (Å²) in [6.45, 7) is 4.16. The number of hydrogen-bond donors (Lipinski definition) is 1. The molecule has 5 nitrogen and oxygen atoms in total. The van der Waals surface area contributed by atoms with E-state index in [1.54, 1.807) is 6.08 Å². The van der Waals surface area contributed by atoms with Gasteiger partial charge in [-0.15, -0.1) is 6.58 Å². The lowest BCUT2D eigenvalue weighted by Crippen LogP contribution is -2.18. The summed E-state index contributed by atoms with van der Waals surface area (Å²) >= 11 is 1.41. The van der Waals surface area contributed by atoms with Crippen LogP contribution in [0.25, 0.3) is 11.1 Å². The number of anilines is 1. The zero-order valence-electron chi connectivity index (χ0n) is 15.7. The maximum Gasteiger partial charge on any atom is 0.289 e. The van der Waals surface area contributed by atoms with E-state index in [0.717, 1.165) is 11.1 Å². The van der Waals surface area contributed by atoms with E-state index >= 15 is 0 Å². The molecule has 0 radical (unpaired) electrons. The number of hydrogen-bond acceptors (Lipinski definition) is 5. The van der Waals surface area contributed by atoms with E-state index in [9.17, 15) is 10.5 Å². The highest BCUT2D eigenvalue weighted by Crippen LogP contribution is 2.34. The molecule has 0 fully saturated rings. The monoisotopic (exact) mass is 399 g/mol. The number of nitrogen functional groups attached to an aromatic ring is 1. The molecule has 0 unspecified atom stereocenters. The number of nitrogens with two attached hydrogens (primary N) is 1. The smallest absolute Gasteiger partial charge is 0.289 e. The number of H-pyrrole nitrogens is 1. The summed E-state index contributed by atoms with van der Waals surface area (Å²) in [6.07, 6.45) is 1.74.